The molecule has 2 atom stereocenters. The summed E-state index contributed by atoms with van der Waals surface area (Å²) in [5.41, 5.74) is 0.705. The Morgan fingerprint density at radius 1 is 1.16 bits per heavy atom. The normalized spacial score (nSPS) is 15.1. The zero-order chi connectivity index (χ0) is 14.5. The molecule has 0 aromatic heterocycles. The lowest BCUT2D eigenvalue weighted by Gasteiger charge is -2.34. The Morgan fingerprint density at radius 2 is 1.84 bits per heavy atom. The van der Waals surface area contributed by atoms with Gasteiger partial charge in [-0.25, -0.2) is 0 Å². The highest BCUT2D eigenvalue weighted by Gasteiger charge is 2.32. The molecule has 0 aliphatic carbocycles. The third-order valence-electron chi connectivity index (χ3n) is 3.00. The minimum Gasteiger partial charge on any atom is -0.494 e. The maximum absolute atomic E-state index is 10.6. The Morgan fingerprint density at radius 3 is 2.37 bits per heavy atom. The first-order chi connectivity index (χ1) is 8.90. The first kappa shape index (κ1) is 16.0. The van der Waals surface area contributed by atoms with Crippen LogP contribution < -0.4 is 4.74 Å². The zero-order valence-electron chi connectivity index (χ0n) is 12.6. The van der Waals surface area contributed by atoms with Crippen LogP contribution in [0.1, 0.15) is 46.3 Å². The van der Waals surface area contributed by atoms with E-state index in [9.17, 15) is 5.11 Å². The van der Waals surface area contributed by atoms with Crippen LogP contribution in [-0.2, 0) is 4.74 Å². The molecule has 2 unspecified atom stereocenters. The molecule has 0 amide bonds. The summed E-state index contributed by atoms with van der Waals surface area (Å²) in [7, 11) is 0. The molecule has 0 aliphatic rings. The molecule has 0 saturated heterocycles. The molecule has 1 aromatic carbocycles. The van der Waals surface area contributed by atoms with E-state index >= 15 is 0 Å². The van der Waals surface area contributed by atoms with E-state index in [1.54, 1.807) is 0 Å². The molecule has 0 fully saturated rings. The fourth-order valence-electron chi connectivity index (χ4n) is 2.12. The molecule has 0 spiro atoms. The second-order valence-electron chi connectivity index (χ2n) is 5.69. The van der Waals surface area contributed by atoms with Crippen LogP contribution in [0, 0.1) is 5.41 Å². The van der Waals surface area contributed by atoms with Crippen molar-refractivity contribution in [2.45, 2.75) is 46.8 Å². The topological polar surface area (TPSA) is 38.7 Å². The number of rotatable bonds is 6. The lowest BCUT2D eigenvalue weighted by atomic mass is 9.83. The molecule has 0 saturated carbocycles. The fourth-order valence-corrected chi connectivity index (χ4v) is 2.12. The Labute approximate surface area is 116 Å². The number of aliphatic hydroxyl groups is 1. The molecule has 3 nitrogen and oxygen atoms in total. The van der Waals surface area contributed by atoms with E-state index in [4.69, 9.17) is 9.47 Å². The summed E-state index contributed by atoms with van der Waals surface area (Å²) in [6.07, 6.45) is -0.894. The molecule has 3 heteroatoms. The number of aliphatic hydroxyl groups excluding tert-OH is 1. The van der Waals surface area contributed by atoms with Gasteiger partial charge in [-0.1, -0.05) is 32.9 Å². The second-order valence-corrected chi connectivity index (χ2v) is 5.69. The zero-order valence-corrected chi connectivity index (χ0v) is 12.6. The van der Waals surface area contributed by atoms with Crippen LogP contribution in [0.25, 0.3) is 0 Å². The molecule has 1 rings (SSSR count). The highest BCUT2D eigenvalue weighted by molar-refractivity contribution is 5.30. The van der Waals surface area contributed by atoms with E-state index in [1.165, 1.54) is 0 Å². The van der Waals surface area contributed by atoms with Crippen molar-refractivity contribution < 1.29 is 14.6 Å². The van der Waals surface area contributed by atoms with Crippen molar-refractivity contribution in [1.29, 1.82) is 0 Å². The predicted octanol–water partition coefficient (Wildman–Crippen LogP) is 3.57. The maximum atomic E-state index is 10.6. The fraction of sp³-hybridized carbons (Fsp3) is 0.625. The van der Waals surface area contributed by atoms with Gasteiger partial charge < -0.3 is 14.6 Å². The monoisotopic (exact) mass is 266 g/mol. The van der Waals surface area contributed by atoms with Gasteiger partial charge in [0.05, 0.1) is 12.7 Å². The Bertz CT molecular complexity index is 382. The van der Waals surface area contributed by atoms with Gasteiger partial charge in [-0.3, -0.25) is 0 Å². The van der Waals surface area contributed by atoms with Gasteiger partial charge >= 0.3 is 0 Å². The molecule has 1 N–H and O–H groups in total. The summed E-state index contributed by atoms with van der Waals surface area (Å²) in [6, 6.07) is 7.58. The molecular weight excluding hydrogens is 240 g/mol. The number of ether oxygens (including phenoxy) is 2. The first-order valence-electron chi connectivity index (χ1n) is 6.92. The van der Waals surface area contributed by atoms with Crippen molar-refractivity contribution in [3.63, 3.8) is 0 Å². The second kappa shape index (κ2) is 6.92. The van der Waals surface area contributed by atoms with Crippen molar-refractivity contribution in [3.05, 3.63) is 29.8 Å². The summed E-state index contributed by atoms with van der Waals surface area (Å²) in [5, 5.41) is 10.6. The van der Waals surface area contributed by atoms with Gasteiger partial charge in [0.25, 0.3) is 0 Å². The standard InChI is InChI=1S/C16H26O3/c1-6-18-13-10-8-9-12(11-13)14(17)15(19-7-2)16(3,4)5/h8-11,14-15,17H,6-7H2,1-5H3. The molecule has 0 heterocycles. The van der Waals surface area contributed by atoms with Crippen molar-refractivity contribution in [2.75, 3.05) is 13.2 Å². The predicted molar refractivity (Wildman–Crippen MR) is 77.4 cm³/mol. The Hall–Kier alpha value is -1.06. The van der Waals surface area contributed by atoms with Gasteiger partial charge in [-0.05, 0) is 37.0 Å². The summed E-state index contributed by atoms with van der Waals surface area (Å²) in [6.45, 7) is 11.3. The number of benzene rings is 1. The van der Waals surface area contributed by atoms with Gasteiger partial charge in [-0.15, -0.1) is 0 Å². The molecule has 0 aliphatic heterocycles. The molecule has 0 bridgehead atoms. The lowest BCUT2D eigenvalue weighted by molar-refractivity contribution is -0.0899. The van der Waals surface area contributed by atoms with E-state index < -0.39 is 6.10 Å². The van der Waals surface area contributed by atoms with Crippen LogP contribution in [0.15, 0.2) is 24.3 Å². The highest BCUT2D eigenvalue weighted by Crippen LogP contribution is 2.33. The van der Waals surface area contributed by atoms with E-state index in [0.717, 1.165) is 11.3 Å². The third-order valence-corrected chi connectivity index (χ3v) is 3.00. The van der Waals surface area contributed by atoms with Crippen molar-refractivity contribution in [2.24, 2.45) is 5.41 Å². The summed E-state index contributed by atoms with van der Waals surface area (Å²) in [5.74, 6) is 0.781. The van der Waals surface area contributed by atoms with E-state index in [0.29, 0.717) is 13.2 Å². The van der Waals surface area contributed by atoms with E-state index in [2.05, 4.69) is 20.8 Å². The van der Waals surface area contributed by atoms with Crippen molar-refractivity contribution in [1.82, 2.24) is 0 Å². The summed E-state index contributed by atoms with van der Waals surface area (Å²) < 4.78 is 11.2. The average molecular weight is 266 g/mol. The molecular formula is C16H26O3. The van der Waals surface area contributed by atoms with Gasteiger partial charge in [-0.2, -0.15) is 0 Å². The summed E-state index contributed by atoms with van der Waals surface area (Å²) in [4.78, 5) is 0. The average Bonchev–Trinajstić information content (AvgIpc) is 2.34. The Kier molecular flexibility index (Phi) is 5.83. The van der Waals surface area contributed by atoms with Crippen LogP contribution in [0.3, 0.4) is 0 Å². The molecule has 0 radical (unpaired) electrons. The van der Waals surface area contributed by atoms with Crippen LogP contribution in [0.2, 0.25) is 0 Å². The van der Waals surface area contributed by atoms with Crippen LogP contribution >= 0.6 is 0 Å². The Balaban J connectivity index is 2.95. The van der Waals surface area contributed by atoms with Crippen LogP contribution in [0.4, 0.5) is 0 Å². The summed E-state index contributed by atoms with van der Waals surface area (Å²) >= 11 is 0. The quantitative estimate of drug-likeness (QED) is 0.855. The van der Waals surface area contributed by atoms with E-state index in [-0.39, 0.29) is 11.5 Å². The largest absolute Gasteiger partial charge is 0.494 e. The SMILES string of the molecule is CCOc1cccc(C(O)C(OCC)C(C)(C)C)c1. The van der Waals surface area contributed by atoms with Crippen molar-refractivity contribution in [3.8, 4) is 5.75 Å². The minimum absolute atomic E-state index is 0.128. The van der Waals surface area contributed by atoms with Gasteiger partial charge in [0.1, 0.15) is 11.9 Å². The highest BCUT2D eigenvalue weighted by atomic mass is 16.5. The number of hydrogen-bond acceptors (Lipinski definition) is 3. The van der Waals surface area contributed by atoms with Crippen LogP contribution in [-0.4, -0.2) is 24.4 Å². The van der Waals surface area contributed by atoms with Gasteiger partial charge in [0, 0.05) is 6.61 Å². The molecule has 108 valence electrons. The first-order valence-corrected chi connectivity index (χ1v) is 6.92. The van der Waals surface area contributed by atoms with Gasteiger partial charge in [0.2, 0.25) is 0 Å². The van der Waals surface area contributed by atoms with Crippen LogP contribution in [0.5, 0.6) is 5.75 Å². The van der Waals surface area contributed by atoms with Gasteiger partial charge in [0.15, 0.2) is 0 Å². The van der Waals surface area contributed by atoms with E-state index in [1.807, 2.05) is 38.1 Å². The molecule has 1 aromatic rings. The third kappa shape index (κ3) is 4.51. The minimum atomic E-state index is -0.652. The maximum Gasteiger partial charge on any atom is 0.119 e. The lowest BCUT2D eigenvalue weighted by Crippen LogP contribution is -2.35. The smallest absolute Gasteiger partial charge is 0.119 e. The molecule has 19 heavy (non-hydrogen) atoms. The number of hydrogen-bond donors (Lipinski definition) is 1. The van der Waals surface area contributed by atoms with Crippen molar-refractivity contribution >= 4 is 0 Å².